The van der Waals surface area contributed by atoms with E-state index in [1.54, 1.807) is 19.9 Å². The van der Waals surface area contributed by atoms with E-state index in [0.717, 1.165) is 36.8 Å². The third-order valence-corrected chi connectivity index (χ3v) is 15.4. The van der Waals surface area contributed by atoms with E-state index < -0.39 is 52.0 Å². The Bertz CT molecular complexity index is 1350. The van der Waals surface area contributed by atoms with Crippen molar-refractivity contribution in [3.8, 4) is 0 Å². The summed E-state index contributed by atoms with van der Waals surface area (Å²) >= 11 is 0. The molecule has 2 bridgehead atoms. The summed E-state index contributed by atoms with van der Waals surface area (Å²) < 4.78 is 0. The van der Waals surface area contributed by atoms with Gasteiger partial charge in [0.05, 0.1) is 18.1 Å². The summed E-state index contributed by atoms with van der Waals surface area (Å²) in [5.41, 5.74) is -2.26. The number of carbonyl (C=O) groups excluding carboxylic acids is 2. The number of Topliss-reactive ketones (excluding diaryl/α,β-unsaturated/α-hetero) is 1. The summed E-state index contributed by atoms with van der Waals surface area (Å²) in [5, 5.41) is 46.6. The minimum atomic E-state index is -1.71. The molecular formula is C36H52O6. The van der Waals surface area contributed by atoms with E-state index >= 15 is 0 Å². The molecule has 8 aliphatic rings. The van der Waals surface area contributed by atoms with Crippen LogP contribution in [0.5, 0.6) is 0 Å². The van der Waals surface area contributed by atoms with Gasteiger partial charge in [-0.3, -0.25) is 9.59 Å². The lowest BCUT2D eigenvalue weighted by atomic mass is 9.29. The Morgan fingerprint density at radius 2 is 1.26 bits per heavy atom. The zero-order valence-electron chi connectivity index (χ0n) is 26.9. The van der Waals surface area contributed by atoms with Crippen LogP contribution in [0, 0.1) is 56.7 Å². The van der Waals surface area contributed by atoms with Gasteiger partial charge in [-0.1, -0.05) is 58.3 Å². The lowest BCUT2D eigenvalue weighted by Gasteiger charge is -2.74. The van der Waals surface area contributed by atoms with E-state index in [1.807, 2.05) is 0 Å². The van der Waals surface area contributed by atoms with Crippen molar-refractivity contribution >= 4 is 11.6 Å². The van der Waals surface area contributed by atoms with Gasteiger partial charge in [-0.25, -0.2) is 0 Å². The predicted octanol–water partition coefficient (Wildman–Crippen LogP) is 4.92. The summed E-state index contributed by atoms with van der Waals surface area (Å²) in [4.78, 5) is 28.9. The Kier molecular flexibility index (Phi) is 5.65. The first-order chi connectivity index (χ1) is 19.2. The van der Waals surface area contributed by atoms with Crippen LogP contribution in [0.1, 0.15) is 107 Å². The number of rotatable bonds is 0. The Labute approximate surface area is 251 Å². The fourth-order valence-corrected chi connectivity index (χ4v) is 13.4. The molecule has 4 saturated carbocycles. The highest BCUT2D eigenvalue weighted by Gasteiger charge is 2.79. The average molecular weight is 581 g/mol. The minimum Gasteiger partial charge on any atom is -0.393 e. The van der Waals surface area contributed by atoms with Crippen molar-refractivity contribution < 1.29 is 30.0 Å². The van der Waals surface area contributed by atoms with Crippen molar-refractivity contribution in [2.24, 2.45) is 56.7 Å². The van der Waals surface area contributed by atoms with E-state index in [-0.39, 0.29) is 39.6 Å². The Morgan fingerprint density at radius 1 is 0.714 bits per heavy atom. The molecule has 0 aromatic carbocycles. The predicted molar refractivity (Wildman–Crippen MR) is 159 cm³/mol. The first-order valence-corrected chi connectivity index (χ1v) is 16.6. The van der Waals surface area contributed by atoms with Gasteiger partial charge < -0.3 is 20.4 Å². The molecule has 8 rings (SSSR count). The number of hydrogen-bond acceptors (Lipinski definition) is 6. The molecule has 4 N–H and O–H groups in total. The molecular weight excluding hydrogens is 528 g/mol. The highest BCUT2D eigenvalue weighted by Crippen LogP contribution is 2.79. The number of carbonyl (C=O) groups is 2. The Balaban J connectivity index is 1.52. The second-order valence-electron chi connectivity index (χ2n) is 17.7. The van der Waals surface area contributed by atoms with Gasteiger partial charge in [-0.2, -0.15) is 0 Å². The van der Waals surface area contributed by atoms with E-state index in [1.165, 1.54) is 5.57 Å². The molecule has 0 aliphatic heterocycles. The third kappa shape index (κ3) is 2.98. The monoisotopic (exact) mass is 580 g/mol. The van der Waals surface area contributed by atoms with Crippen LogP contribution in [0.3, 0.4) is 0 Å². The Hall–Kier alpha value is -1.34. The fraction of sp³-hybridized carbons (Fsp3) is 0.833. The molecule has 42 heavy (non-hydrogen) atoms. The summed E-state index contributed by atoms with van der Waals surface area (Å²) in [7, 11) is 0. The molecule has 6 heteroatoms. The maximum absolute atomic E-state index is 14.9. The first kappa shape index (κ1) is 29.4. The van der Waals surface area contributed by atoms with Crippen molar-refractivity contribution in [3.05, 3.63) is 22.8 Å². The van der Waals surface area contributed by atoms with Crippen molar-refractivity contribution in [1.82, 2.24) is 0 Å². The third-order valence-electron chi connectivity index (χ3n) is 15.4. The van der Waals surface area contributed by atoms with Crippen molar-refractivity contribution in [1.29, 1.82) is 0 Å². The van der Waals surface area contributed by atoms with Crippen LogP contribution in [0.4, 0.5) is 0 Å². The summed E-state index contributed by atoms with van der Waals surface area (Å²) in [6.07, 6.45) is 6.70. The van der Waals surface area contributed by atoms with Gasteiger partial charge in [0.1, 0.15) is 11.2 Å². The fourth-order valence-electron chi connectivity index (χ4n) is 13.4. The van der Waals surface area contributed by atoms with Gasteiger partial charge in [-0.05, 0) is 105 Å². The molecule has 0 aromatic rings. The second kappa shape index (κ2) is 8.08. The molecule has 8 aliphatic carbocycles. The average Bonchev–Trinajstić information content (AvgIpc) is 2.88. The smallest absolute Gasteiger partial charge is 0.187 e. The van der Waals surface area contributed by atoms with Crippen molar-refractivity contribution in [2.75, 3.05) is 0 Å². The molecule has 4 fully saturated rings. The lowest BCUT2D eigenvalue weighted by Crippen LogP contribution is -2.77. The van der Waals surface area contributed by atoms with E-state index in [9.17, 15) is 30.0 Å². The zero-order chi connectivity index (χ0) is 30.8. The number of fused-ring (bicyclic) bond motifs is 4. The molecule has 0 amide bonds. The van der Waals surface area contributed by atoms with E-state index in [0.29, 0.717) is 25.7 Å². The molecule has 0 heterocycles. The topological polar surface area (TPSA) is 115 Å². The van der Waals surface area contributed by atoms with Crippen LogP contribution in [0.15, 0.2) is 22.8 Å². The molecule has 6 nitrogen and oxygen atoms in total. The highest BCUT2D eigenvalue weighted by atomic mass is 16.3. The molecule has 232 valence electrons. The quantitative estimate of drug-likeness (QED) is 0.303. The number of aliphatic hydroxyl groups is 4. The maximum Gasteiger partial charge on any atom is 0.187 e. The van der Waals surface area contributed by atoms with Crippen molar-refractivity contribution in [3.63, 3.8) is 0 Å². The number of aliphatic hydroxyl groups excluding tert-OH is 2. The van der Waals surface area contributed by atoms with Gasteiger partial charge in [-0.15, -0.1) is 0 Å². The molecule has 12 unspecified atom stereocenters. The number of hydrogen-bond donors (Lipinski definition) is 4. The summed E-state index contributed by atoms with van der Waals surface area (Å²) in [5.74, 6) is -2.00. The normalized spacial score (nSPS) is 55.6. The van der Waals surface area contributed by atoms with Crippen molar-refractivity contribution in [2.45, 2.75) is 130 Å². The van der Waals surface area contributed by atoms with Gasteiger partial charge in [0.15, 0.2) is 11.6 Å². The first-order valence-electron chi connectivity index (χ1n) is 16.6. The van der Waals surface area contributed by atoms with Crippen LogP contribution in [0.2, 0.25) is 0 Å². The molecule has 0 radical (unpaired) electrons. The standard InChI is InChI=1S/C36H52O6/c1-30(2)19-10-9-18-25(33(19,6)15-13-23(30)38)27-29(40)35(8,42)26(18)28-34(7,41)24(39)17-21-32(5)14-12-22(37)31(3,4)20(32)11-16-36(21,27)28/h17,19-20,22-23,26-28,37-38,41-42H,9-16H2,1-8H3. The van der Waals surface area contributed by atoms with Crippen LogP contribution in [0.25, 0.3) is 0 Å². The zero-order valence-corrected chi connectivity index (χ0v) is 26.9. The second-order valence-corrected chi connectivity index (χ2v) is 17.7. The summed E-state index contributed by atoms with van der Waals surface area (Å²) in [6.45, 7) is 16.4. The Morgan fingerprint density at radius 3 is 1.86 bits per heavy atom. The largest absolute Gasteiger partial charge is 0.393 e. The lowest BCUT2D eigenvalue weighted by molar-refractivity contribution is -0.218. The van der Waals surface area contributed by atoms with Crippen LogP contribution >= 0.6 is 0 Å². The number of ketones is 2. The van der Waals surface area contributed by atoms with Crippen LogP contribution in [-0.2, 0) is 9.59 Å². The molecule has 0 saturated heterocycles. The van der Waals surface area contributed by atoms with Crippen LogP contribution < -0.4 is 0 Å². The highest BCUT2D eigenvalue weighted by molar-refractivity contribution is 6.03. The molecule has 12 atom stereocenters. The minimum absolute atomic E-state index is 0.130. The van der Waals surface area contributed by atoms with E-state index in [2.05, 4.69) is 41.5 Å². The van der Waals surface area contributed by atoms with Crippen LogP contribution in [-0.4, -0.2) is 55.4 Å². The number of allylic oxidation sites excluding steroid dienone is 2. The van der Waals surface area contributed by atoms with Gasteiger partial charge in [0.2, 0.25) is 0 Å². The molecule has 0 aromatic heterocycles. The SMILES string of the molecule is CC1(O)C(=O)C2C3=C(CCC4C3(C)CCC(O)C4(C)C)C1C1C(C)(O)C(=O)C=C3C4(C)CCC(O)C(C)(C)C4CCC321. The molecule has 1 spiro atoms. The van der Waals surface area contributed by atoms with Gasteiger partial charge >= 0.3 is 0 Å². The summed E-state index contributed by atoms with van der Waals surface area (Å²) in [6, 6.07) is 0. The van der Waals surface area contributed by atoms with Gasteiger partial charge in [0.25, 0.3) is 0 Å². The maximum atomic E-state index is 14.9. The van der Waals surface area contributed by atoms with E-state index in [4.69, 9.17) is 0 Å². The van der Waals surface area contributed by atoms with Gasteiger partial charge in [0, 0.05) is 17.3 Å².